The van der Waals surface area contributed by atoms with Gasteiger partial charge in [0.2, 0.25) is 0 Å². The van der Waals surface area contributed by atoms with E-state index < -0.39 is 0 Å². The van der Waals surface area contributed by atoms with E-state index in [1.807, 2.05) is 0 Å². The summed E-state index contributed by atoms with van der Waals surface area (Å²) >= 11 is 0. The summed E-state index contributed by atoms with van der Waals surface area (Å²) in [7, 11) is 0. The summed E-state index contributed by atoms with van der Waals surface area (Å²) in [6.45, 7) is 6.86. The Hall–Kier alpha value is -3.38. The quantitative estimate of drug-likeness (QED) is 0.280. The molecule has 28 heavy (non-hydrogen) atoms. The fourth-order valence-electron chi connectivity index (χ4n) is 2.51. The zero-order chi connectivity index (χ0) is 20.2. The van der Waals surface area contributed by atoms with Crippen LogP contribution in [0.15, 0.2) is 58.8 Å². The molecule has 0 fully saturated rings. The molecule has 0 aliphatic rings. The van der Waals surface area contributed by atoms with Gasteiger partial charge in [-0.25, -0.2) is 0 Å². The second-order valence-corrected chi connectivity index (χ2v) is 6.19. The van der Waals surface area contributed by atoms with Crippen molar-refractivity contribution in [2.45, 2.75) is 19.9 Å². The van der Waals surface area contributed by atoms with Crippen LogP contribution in [-0.4, -0.2) is 37.2 Å². The van der Waals surface area contributed by atoms with E-state index in [-0.39, 0.29) is 0 Å². The largest absolute Gasteiger partial charge is 0.492 e. The van der Waals surface area contributed by atoms with Crippen molar-refractivity contribution in [2.24, 2.45) is 10.2 Å². The summed E-state index contributed by atoms with van der Waals surface area (Å²) in [5.41, 5.74) is 17.9. The molecule has 0 heterocycles. The molecule has 2 rings (SSSR count). The molecule has 0 aliphatic heterocycles. The Morgan fingerprint density at radius 1 is 0.786 bits per heavy atom. The lowest BCUT2D eigenvalue weighted by atomic mass is 10.3. The highest BCUT2D eigenvalue weighted by atomic mass is 16.5. The zero-order valence-corrected chi connectivity index (χ0v) is 16.0. The van der Waals surface area contributed by atoms with Gasteiger partial charge < -0.3 is 9.47 Å². The summed E-state index contributed by atoms with van der Waals surface area (Å²) < 4.78 is 11.5. The lowest BCUT2D eigenvalue weighted by molar-refractivity contribution is 0.148. The Morgan fingerprint density at radius 3 is 1.50 bits per heavy atom. The van der Waals surface area contributed by atoms with Gasteiger partial charge in [-0.3, -0.25) is 4.90 Å². The van der Waals surface area contributed by atoms with Crippen LogP contribution < -0.4 is 9.47 Å². The van der Waals surface area contributed by atoms with Gasteiger partial charge in [0, 0.05) is 40.3 Å². The molecule has 146 valence electrons. The maximum atomic E-state index is 8.42. The van der Waals surface area contributed by atoms with Crippen LogP contribution in [0, 0.1) is 0 Å². The van der Waals surface area contributed by atoms with Crippen LogP contribution in [0.1, 0.15) is 13.8 Å². The first-order valence-corrected chi connectivity index (χ1v) is 8.92. The minimum Gasteiger partial charge on any atom is -0.492 e. The van der Waals surface area contributed by atoms with Gasteiger partial charge in [0.05, 0.1) is 0 Å². The standard InChI is InChI=1S/C19H23N7O2/c1-15(2)26(11-13-27-18-7-3-16(4-8-18)22-24-20)12-14-28-19-9-5-17(6-10-19)23-25-21/h3-10,15H,11-14H2,1-2H3. The lowest BCUT2D eigenvalue weighted by Gasteiger charge is -2.26. The Labute approximate surface area is 163 Å². The van der Waals surface area contributed by atoms with Crippen LogP contribution in [0.3, 0.4) is 0 Å². The van der Waals surface area contributed by atoms with Crippen LogP contribution in [0.5, 0.6) is 11.5 Å². The van der Waals surface area contributed by atoms with Crippen molar-refractivity contribution in [3.63, 3.8) is 0 Å². The second kappa shape index (κ2) is 11.4. The molecule has 0 radical (unpaired) electrons. The first-order valence-electron chi connectivity index (χ1n) is 8.92. The summed E-state index contributed by atoms with van der Waals surface area (Å²) in [4.78, 5) is 7.77. The fraction of sp³-hybridized carbons (Fsp3) is 0.368. The maximum Gasteiger partial charge on any atom is 0.119 e. The van der Waals surface area contributed by atoms with E-state index >= 15 is 0 Å². The molecule has 0 unspecified atom stereocenters. The van der Waals surface area contributed by atoms with Gasteiger partial charge in [0.15, 0.2) is 0 Å². The molecular weight excluding hydrogens is 358 g/mol. The maximum absolute atomic E-state index is 8.42. The van der Waals surface area contributed by atoms with Crippen LogP contribution in [0.25, 0.3) is 20.9 Å². The predicted octanol–water partition coefficient (Wildman–Crippen LogP) is 5.74. The van der Waals surface area contributed by atoms with Crippen molar-refractivity contribution in [3.8, 4) is 11.5 Å². The number of nitrogens with zero attached hydrogens (tertiary/aromatic N) is 7. The Bertz CT molecular complexity index is 757. The van der Waals surface area contributed by atoms with Crippen LogP contribution in [0.4, 0.5) is 11.4 Å². The van der Waals surface area contributed by atoms with Gasteiger partial charge in [-0.1, -0.05) is 10.2 Å². The number of hydrogen-bond donors (Lipinski definition) is 0. The molecule has 0 spiro atoms. The van der Waals surface area contributed by atoms with Gasteiger partial charge in [-0.15, -0.1) is 0 Å². The molecular formula is C19H23N7O2. The first-order chi connectivity index (χ1) is 13.6. The highest BCUT2D eigenvalue weighted by Gasteiger charge is 2.10. The van der Waals surface area contributed by atoms with Crippen molar-refractivity contribution >= 4 is 11.4 Å². The van der Waals surface area contributed by atoms with Gasteiger partial charge in [-0.05, 0) is 73.4 Å². The molecule has 0 aromatic heterocycles. The summed E-state index contributed by atoms with van der Waals surface area (Å²) in [5, 5.41) is 7.07. The summed E-state index contributed by atoms with van der Waals surface area (Å²) in [5.74, 6) is 1.47. The average Bonchev–Trinajstić information content (AvgIpc) is 2.69. The van der Waals surface area contributed by atoms with Gasteiger partial charge >= 0.3 is 0 Å². The van der Waals surface area contributed by atoms with E-state index in [1.54, 1.807) is 48.5 Å². The van der Waals surface area contributed by atoms with Crippen molar-refractivity contribution in [2.75, 3.05) is 26.3 Å². The van der Waals surface area contributed by atoms with Crippen molar-refractivity contribution in [1.29, 1.82) is 0 Å². The molecule has 0 saturated carbocycles. The van der Waals surface area contributed by atoms with E-state index in [0.29, 0.717) is 30.6 Å². The SMILES string of the molecule is CC(C)N(CCOc1ccc(N=[N+]=[N-])cc1)CCOc1ccc(N=[N+]=[N-])cc1. The summed E-state index contributed by atoms with van der Waals surface area (Å²) in [6, 6.07) is 14.4. The van der Waals surface area contributed by atoms with Crippen LogP contribution >= 0.6 is 0 Å². The van der Waals surface area contributed by atoms with Crippen molar-refractivity contribution < 1.29 is 9.47 Å². The third-order valence-corrected chi connectivity index (χ3v) is 4.02. The minimum absolute atomic E-state index is 0.354. The second-order valence-electron chi connectivity index (χ2n) is 6.19. The zero-order valence-electron chi connectivity index (χ0n) is 16.0. The average molecular weight is 381 g/mol. The highest BCUT2D eigenvalue weighted by molar-refractivity contribution is 5.41. The van der Waals surface area contributed by atoms with E-state index in [4.69, 9.17) is 20.5 Å². The Balaban J connectivity index is 1.76. The molecule has 9 heteroatoms. The first kappa shape index (κ1) is 20.9. The number of benzene rings is 2. The predicted molar refractivity (Wildman–Crippen MR) is 108 cm³/mol. The lowest BCUT2D eigenvalue weighted by Crippen LogP contribution is -2.37. The summed E-state index contributed by atoms with van der Waals surface area (Å²) in [6.07, 6.45) is 0. The molecule has 2 aromatic rings. The topological polar surface area (TPSA) is 119 Å². The minimum atomic E-state index is 0.354. The molecule has 0 amide bonds. The van der Waals surface area contributed by atoms with Gasteiger partial charge in [0.1, 0.15) is 24.7 Å². The van der Waals surface area contributed by atoms with E-state index in [0.717, 1.165) is 24.6 Å². The molecule has 0 bridgehead atoms. The monoisotopic (exact) mass is 381 g/mol. The molecule has 0 atom stereocenters. The third-order valence-electron chi connectivity index (χ3n) is 4.02. The highest BCUT2D eigenvalue weighted by Crippen LogP contribution is 2.19. The van der Waals surface area contributed by atoms with E-state index in [9.17, 15) is 0 Å². The Kier molecular flexibility index (Phi) is 8.49. The normalized spacial score (nSPS) is 10.3. The number of rotatable bonds is 11. The van der Waals surface area contributed by atoms with Crippen LogP contribution in [0.2, 0.25) is 0 Å². The molecule has 0 N–H and O–H groups in total. The molecule has 0 saturated heterocycles. The molecule has 9 nitrogen and oxygen atoms in total. The van der Waals surface area contributed by atoms with Crippen LogP contribution in [-0.2, 0) is 0 Å². The van der Waals surface area contributed by atoms with E-state index in [2.05, 4.69) is 38.8 Å². The smallest absolute Gasteiger partial charge is 0.119 e. The van der Waals surface area contributed by atoms with E-state index in [1.165, 1.54) is 0 Å². The van der Waals surface area contributed by atoms with Gasteiger partial charge in [-0.2, -0.15) is 0 Å². The number of hydrogen-bond acceptors (Lipinski definition) is 5. The molecule has 2 aromatic carbocycles. The number of azide groups is 2. The molecule has 0 aliphatic carbocycles. The fourth-order valence-corrected chi connectivity index (χ4v) is 2.51. The number of ether oxygens (including phenoxy) is 2. The van der Waals surface area contributed by atoms with Crippen molar-refractivity contribution in [3.05, 3.63) is 69.4 Å². The Morgan fingerprint density at radius 2 is 1.18 bits per heavy atom. The van der Waals surface area contributed by atoms with Gasteiger partial charge in [0.25, 0.3) is 0 Å². The van der Waals surface area contributed by atoms with Crippen molar-refractivity contribution in [1.82, 2.24) is 4.90 Å². The third kappa shape index (κ3) is 7.09.